The summed E-state index contributed by atoms with van der Waals surface area (Å²) in [6.07, 6.45) is 3.15. The number of halogens is 1. The number of hydrogen-bond donors (Lipinski definition) is 1. The van der Waals surface area contributed by atoms with Crippen molar-refractivity contribution in [2.24, 2.45) is 0 Å². The summed E-state index contributed by atoms with van der Waals surface area (Å²) in [5, 5.41) is 10.4. The maximum absolute atomic E-state index is 13.5. The second-order valence-electron chi connectivity index (χ2n) is 4.89. The summed E-state index contributed by atoms with van der Waals surface area (Å²) >= 11 is 0. The van der Waals surface area contributed by atoms with E-state index in [0.717, 1.165) is 0 Å². The number of aromatic nitrogens is 4. The molecule has 0 aliphatic heterocycles. The van der Waals surface area contributed by atoms with Crippen LogP contribution in [0, 0.1) is 5.82 Å². The molecule has 3 rings (SSSR count). The smallest absolute Gasteiger partial charge is 0.247 e. The molecule has 8 heteroatoms. The molecule has 0 fully saturated rings. The summed E-state index contributed by atoms with van der Waals surface area (Å²) in [6.45, 7) is 0.0477. The molecule has 7 nitrogen and oxygen atoms in total. The highest BCUT2D eigenvalue weighted by molar-refractivity contribution is 5.89. The van der Waals surface area contributed by atoms with E-state index in [1.807, 2.05) is 0 Å². The van der Waals surface area contributed by atoms with Crippen LogP contribution in [-0.2, 0) is 17.9 Å². The fourth-order valence-electron chi connectivity index (χ4n) is 1.96. The Morgan fingerprint density at radius 1 is 1.21 bits per heavy atom. The lowest BCUT2D eigenvalue weighted by Crippen LogP contribution is -2.19. The van der Waals surface area contributed by atoms with Gasteiger partial charge in [0.2, 0.25) is 5.91 Å². The molecule has 0 atom stereocenters. The molecule has 0 radical (unpaired) electrons. The van der Waals surface area contributed by atoms with Crippen molar-refractivity contribution in [2.45, 2.75) is 13.2 Å². The second kappa shape index (κ2) is 7.32. The van der Waals surface area contributed by atoms with Crippen LogP contribution in [0.4, 0.5) is 10.2 Å². The van der Waals surface area contributed by atoms with Gasteiger partial charge in [-0.1, -0.05) is 23.4 Å². The molecule has 0 aliphatic rings. The number of para-hydroxylation sites is 1. The monoisotopic (exact) mass is 327 g/mol. The number of nitrogens with one attached hydrogen (secondary N) is 1. The summed E-state index contributed by atoms with van der Waals surface area (Å²) < 4.78 is 20.2. The summed E-state index contributed by atoms with van der Waals surface area (Å²) in [7, 11) is 0. The zero-order chi connectivity index (χ0) is 16.8. The molecule has 0 saturated carbocycles. The van der Waals surface area contributed by atoms with Crippen LogP contribution in [0.15, 0.2) is 54.9 Å². The van der Waals surface area contributed by atoms with Crippen LogP contribution in [0.1, 0.15) is 5.69 Å². The minimum Gasteiger partial charge on any atom is -0.484 e. The summed E-state index contributed by atoms with van der Waals surface area (Å²) in [5.74, 6) is -0.120. The van der Waals surface area contributed by atoms with Crippen LogP contribution in [-0.4, -0.2) is 25.9 Å². The standard InChI is InChI=1S/C16H14FN5O2/c17-13-5-1-2-6-14(13)24-11-12-9-22(21-20-12)10-16(23)19-15-7-3-4-8-18-15/h1-9H,10-11H2,(H,18,19,23). The highest BCUT2D eigenvalue weighted by Gasteiger charge is 2.08. The average molecular weight is 327 g/mol. The number of rotatable bonds is 6. The van der Waals surface area contributed by atoms with Gasteiger partial charge in [0.05, 0.1) is 6.20 Å². The van der Waals surface area contributed by atoms with Crippen LogP contribution in [0.3, 0.4) is 0 Å². The minimum absolute atomic E-state index is 0.0106. The summed E-state index contributed by atoms with van der Waals surface area (Å²) in [5.41, 5.74) is 0.490. The Hall–Kier alpha value is -3.29. The number of carbonyl (C=O) groups is 1. The molecule has 1 aromatic carbocycles. The van der Waals surface area contributed by atoms with Gasteiger partial charge >= 0.3 is 0 Å². The van der Waals surface area contributed by atoms with Gasteiger partial charge in [-0.25, -0.2) is 14.1 Å². The van der Waals surface area contributed by atoms with Crippen LogP contribution in [0.2, 0.25) is 0 Å². The fraction of sp³-hybridized carbons (Fsp3) is 0.125. The highest BCUT2D eigenvalue weighted by atomic mass is 19.1. The van der Waals surface area contributed by atoms with Crippen molar-refractivity contribution < 1.29 is 13.9 Å². The van der Waals surface area contributed by atoms with Crippen LogP contribution < -0.4 is 10.1 Å². The molecule has 2 heterocycles. The topological polar surface area (TPSA) is 81.9 Å². The largest absolute Gasteiger partial charge is 0.484 e. The SMILES string of the molecule is O=C(Cn1cc(COc2ccccc2F)nn1)Nc1ccccn1. The highest BCUT2D eigenvalue weighted by Crippen LogP contribution is 2.16. The number of benzene rings is 1. The van der Waals surface area contributed by atoms with E-state index in [-0.39, 0.29) is 24.8 Å². The molecule has 2 aromatic heterocycles. The van der Waals surface area contributed by atoms with Crippen molar-refractivity contribution >= 4 is 11.7 Å². The van der Waals surface area contributed by atoms with Crippen molar-refractivity contribution in [3.63, 3.8) is 0 Å². The number of nitrogens with zero attached hydrogens (tertiary/aromatic N) is 4. The lowest BCUT2D eigenvalue weighted by molar-refractivity contribution is -0.116. The van der Waals surface area contributed by atoms with E-state index in [1.54, 1.807) is 42.7 Å². The normalized spacial score (nSPS) is 10.4. The van der Waals surface area contributed by atoms with Gasteiger partial charge in [-0.15, -0.1) is 5.10 Å². The predicted octanol–water partition coefficient (Wildman–Crippen LogP) is 2.03. The van der Waals surface area contributed by atoms with E-state index in [1.165, 1.54) is 16.8 Å². The third-order valence-corrected chi connectivity index (χ3v) is 3.04. The fourth-order valence-corrected chi connectivity index (χ4v) is 1.96. The molecular formula is C16H14FN5O2. The first-order valence-corrected chi connectivity index (χ1v) is 7.18. The van der Waals surface area contributed by atoms with Gasteiger partial charge < -0.3 is 10.1 Å². The number of ether oxygens (including phenoxy) is 1. The van der Waals surface area contributed by atoms with Crippen LogP contribution >= 0.6 is 0 Å². The minimum atomic E-state index is -0.445. The third kappa shape index (κ3) is 4.13. The molecular weight excluding hydrogens is 313 g/mol. The second-order valence-corrected chi connectivity index (χ2v) is 4.89. The Bertz CT molecular complexity index is 822. The van der Waals surface area contributed by atoms with Gasteiger partial charge in [-0.3, -0.25) is 4.79 Å². The Morgan fingerprint density at radius 3 is 2.83 bits per heavy atom. The maximum atomic E-state index is 13.5. The van der Waals surface area contributed by atoms with Crippen LogP contribution in [0.5, 0.6) is 5.75 Å². The molecule has 122 valence electrons. The third-order valence-electron chi connectivity index (χ3n) is 3.04. The Kier molecular flexibility index (Phi) is 4.76. The Labute approximate surface area is 137 Å². The van der Waals surface area contributed by atoms with Crippen molar-refractivity contribution in [1.82, 2.24) is 20.0 Å². The molecule has 0 unspecified atom stereocenters. The van der Waals surface area contributed by atoms with Crippen molar-refractivity contribution in [3.8, 4) is 5.75 Å². The molecule has 0 spiro atoms. The maximum Gasteiger partial charge on any atom is 0.247 e. The first-order valence-electron chi connectivity index (χ1n) is 7.18. The zero-order valence-corrected chi connectivity index (χ0v) is 12.6. The number of amides is 1. The van der Waals surface area contributed by atoms with E-state index in [2.05, 4.69) is 20.6 Å². The van der Waals surface area contributed by atoms with E-state index in [0.29, 0.717) is 11.5 Å². The first-order chi connectivity index (χ1) is 11.7. The number of anilines is 1. The van der Waals surface area contributed by atoms with E-state index in [4.69, 9.17) is 4.74 Å². The van der Waals surface area contributed by atoms with Crippen molar-refractivity contribution in [1.29, 1.82) is 0 Å². The van der Waals surface area contributed by atoms with Gasteiger partial charge in [-0.05, 0) is 24.3 Å². The molecule has 1 amide bonds. The zero-order valence-electron chi connectivity index (χ0n) is 12.6. The molecule has 3 aromatic rings. The number of carbonyl (C=O) groups excluding carboxylic acids is 1. The lowest BCUT2D eigenvalue weighted by Gasteiger charge is -2.04. The van der Waals surface area contributed by atoms with Crippen molar-refractivity contribution in [2.75, 3.05) is 5.32 Å². The van der Waals surface area contributed by atoms with Gasteiger partial charge in [0, 0.05) is 6.20 Å². The lowest BCUT2D eigenvalue weighted by atomic mass is 10.3. The average Bonchev–Trinajstić information content (AvgIpc) is 3.02. The van der Waals surface area contributed by atoms with Gasteiger partial charge in [-0.2, -0.15) is 0 Å². The number of pyridine rings is 1. The van der Waals surface area contributed by atoms with Gasteiger partial charge in [0.1, 0.15) is 24.7 Å². The summed E-state index contributed by atoms with van der Waals surface area (Å²) in [6, 6.07) is 11.3. The quantitative estimate of drug-likeness (QED) is 0.749. The molecule has 0 saturated heterocycles. The molecule has 1 N–H and O–H groups in total. The van der Waals surface area contributed by atoms with E-state index >= 15 is 0 Å². The van der Waals surface area contributed by atoms with Crippen molar-refractivity contribution in [3.05, 3.63) is 66.4 Å². The Morgan fingerprint density at radius 2 is 2.04 bits per heavy atom. The summed E-state index contributed by atoms with van der Waals surface area (Å²) in [4.78, 5) is 15.9. The molecule has 24 heavy (non-hydrogen) atoms. The first kappa shape index (κ1) is 15.6. The molecule has 0 bridgehead atoms. The van der Waals surface area contributed by atoms with Crippen LogP contribution in [0.25, 0.3) is 0 Å². The molecule has 0 aliphatic carbocycles. The number of hydrogen-bond acceptors (Lipinski definition) is 5. The Balaban J connectivity index is 1.54. The van der Waals surface area contributed by atoms with E-state index in [9.17, 15) is 9.18 Å². The van der Waals surface area contributed by atoms with Gasteiger partial charge in [0.15, 0.2) is 11.6 Å². The van der Waals surface area contributed by atoms with Gasteiger partial charge in [0.25, 0.3) is 0 Å². The van der Waals surface area contributed by atoms with E-state index < -0.39 is 5.82 Å². The predicted molar refractivity (Wildman–Crippen MR) is 83.6 cm³/mol.